The van der Waals surface area contributed by atoms with E-state index in [2.05, 4.69) is 0 Å². The Morgan fingerprint density at radius 1 is 1.43 bits per heavy atom. The van der Waals surface area contributed by atoms with Crippen molar-refractivity contribution in [3.8, 4) is 0 Å². The van der Waals surface area contributed by atoms with Crippen molar-refractivity contribution in [2.24, 2.45) is 5.14 Å². The van der Waals surface area contributed by atoms with Crippen molar-refractivity contribution < 1.29 is 13.2 Å². The van der Waals surface area contributed by atoms with E-state index in [1.54, 1.807) is 0 Å². The van der Waals surface area contributed by atoms with Gasteiger partial charge >= 0.3 is 0 Å². The molecule has 1 aromatic carbocycles. The van der Waals surface area contributed by atoms with Crippen LogP contribution in [-0.2, 0) is 10.0 Å². The number of carbonyl (C=O) groups excluding carboxylic acids is 1. The van der Waals surface area contributed by atoms with Crippen molar-refractivity contribution >= 4 is 27.5 Å². The molecule has 1 rings (SSSR count). The van der Waals surface area contributed by atoms with Crippen molar-refractivity contribution in [3.63, 3.8) is 0 Å². The topological polar surface area (TPSA) is 101 Å². The van der Waals surface area contributed by atoms with Crippen LogP contribution in [0.2, 0.25) is 5.02 Å². The Bertz CT molecular complexity index is 484. The Kier molecular flexibility index (Phi) is 2.79. The molecule has 14 heavy (non-hydrogen) atoms. The lowest BCUT2D eigenvalue weighted by atomic mass is 10.2. The molecular weight excluding hydrogens is 228 g/mol. The second-order valence-corrected chi connectivity index (χ2v) is 4.46. The minimum atomic E-state index is -3.96. The second-order valence-electron chi connectivity index (χ2n) is 2.52. The molecule has 0 unspecified atom stereocenters. The minimum Gasteiger partial charge on any atom is -0.267 e. The fourth-order valence-electron chi connectivity index (χ4n) is 0.863. The highest BCUT2D eigenvalue weighted by Gasteiger charge is 2.15. The zero-order valence-corrected chi connectivity index (χ0v) is 8.39. The number of benzene rings is 1. The van der Waals surface area contributed by atoms with E-state index in [0.29, 0.717) is 0 Å². The third-order valence-electron chi connectivity index (χ3n) is 1.50. The van der Waals surface area contributed by atoms with Crippen molar-refractivity contribution in [1.82, 2.24) is 5.73 Å². The summed E-state index contributed by atoms with van der Waals surface area (Å²) in [4.78, 5) is 10.3. The monoisotopic (exact) mass is 233 g/mol. The maximum absolute atomic E-state index is 10.9. The molecular formula is C7H6ClN2O3S. The van der Waals surface area contributed by atoms with Crippen molar-refractivity contribution in [2.45, 2.75) is 4.90 Å². The smallest absolute Gasteiger partial charge is 0.267 e. The molecule has 7 heteroatoms. The number of primary sulfonamides is 1. The molecule has 1 radical (unpaired) electrons. The zero-order valence-electron chi connectivity index (χ0n) is 6.82. The van der Waals surface area contributed by atoms with Gasteiger partial charge in [-0.05, 0) is 18.2 Å². The first kappa shape index (κ1) is 11.0. The van der Waals surface area contributed by atoms with Crippen LogP contribution in [0.4, 0.5) is 0 Å². The van der Waals surface area contributed by atoms with Crippen LogP contribution < -0.4 is 10.9 Å². The molecule has 5 nitrogen and oxygen atoms in total. The van der Waals surface area contributed by atoms with Gasteiger partial charge in [0.1, 0.15) is 4.90 Å². The Morgan fingerprint density at radius 2 is 2.00 bits per heavy atom. The molecule has 0 heterocycles. The molecule has 0 aliphatic rings. The van der Waals surface area contributed by atoms with E-state index in [-0.39, 0.29) is 15.5 Å². The number of hydrogen-bond acceptors (Lipinski definition) is 3. The predicted molar refractivity (Wildman–Crippen MR) is 50.3 cm³/mol. The predicted octanol–water partition coefficient (Wildman–Crippen LogP) is 0.411. The van der Waals surface area contributed by atoms with Gasteiger partial charge in [0, 0.05) is 5.56 Å². The first-order valence-electron chi connectivity index (χ1n) is 3.40. The number of amides is 1. The zero-order chi connectivity index (χ0) is 10.9. The summed E-state index contributed by atoms with van der Waals surface area (Å²) < 4.78 is 21.9. The van der Waals surface area contributed by atoms with E-state index in [4.69, 9.17) is 22.5 Å². The van der Waals surface area contributed by atoms with Gasteiger partial charge in [-0.2, -0.15) is 0 Å². The first-order chi connectivity index (χ1) is 6.32. The van der Waals surface area contributed by atoms with Gasteiger partial charge in [0.2, 0.25) is 10.0 Å². The maximum Gasteiger partial charge on any atom is 0.269 e. The van der Waals surface area contributed by atoms with Crippen LogP contribution in [0.25, 0.3) is 0 Å². The summed E-state index contributed by atoms with van der Waals surface area (Å²) in [5.41, 5.74) is 6.70. The molecule has 1 aromatic rings. The van der Waals surface area contributed by atoms with Crippen LogP contribution in [0, 0.1) is 0 Å². The highest BCUT2D eigenvalue weighted by atomic mass is 35.5. The molecule has 75 valence electrons. The normalized spacial score (nSPS) is 11.3. The molecule has 0 aromatic heterocycles. The summed E-state index contributed by atoms with van der Waals surface area (Å²) in [6, 6.07) is 3.45. The standard InChI is InChI=1S/C7H6ClN2O3S/c8-5-2-1-4(7(9)11)3-6(5)14(10,12)13/h1-3,9H,(H2,10,12,13). The third kappa shape index (κ3) is 2.22. The molecule has 0 saturated heterocycles. The SMILES string of the molecule is [NH]C(=O)c1ccc(Cl)c(S(N)(=O)=O)c1. The third-order valence-corrected chi connectivity index (χ3v) is 2.89. The molecule has 0 spiro atoms. The Labute approximate surface area is 85.7 Å². The van der Waals surface area contributed by atoms with E-state index < -0.39 is 15.9 Å². The van der Waals surface area contributed by atoms with Gasteiger partial charge in [-0.15, -0.1) is 0 Å². The summed E-state index contributed by atoms with van der Waals surface area (Å²) in [5.74, 6) is -0.994. The van der Waals surface area contributed by atoms with E-state index in [0.717, 1.165) is 6.07 Å². The summed E-state index contributed by atoms with van der Waals surface area (Å²) in [7, 11) is -3.96. The molecule has 0 atom stereocenters. The largest absolute Gasteiger partial charge is 0.269 e. The van der Waals surface area contributed by atoms with Crippen LogP contribution in [0.15, 0.2) is 23.1 Å². The van der Waals surface area contributed by atoms with Crippen LogP contribution in [-0.4, -0.2) is 14.3 Å². The van der Waals surface area contributed by atoms with Gasteiger partial charge in [0.15, 0.2) is 0 Å². The summed E-state index contributed by atoms with van der Waals surface area (Å²) in [6.45, 7) is 0. The van der Waals surface area contributed by atoms with Gasteiger partial charge in [0.25, 0.3) is 5.91 Å². The summed E-state index contributed by atoms with van der Waals surface area (Å²) >= 11 is 5.55. The molecule has 0 saturated carbocycles. The molecule has 0 aliphatic carbocycles. The Morgan fingerprint density at radius 3 is 2.43 bits per heavy atom. The molecule has 0 fully saturated rings. The van der Waals surface area contributed by atoms with Crippen molar-refractivity contribution in [1.29, 1.82) is 0 Å². The van der Waals surface area contributed by atoms with E-state index >= 15 is 0 Å². The lowest BCUT2D eigenvalue weighted by Gasteiger charge is -2.02. The number of carbonyl (C=O) groups is 1. The average Bonchev–Trinajstić information content (AvgIpc) is 2.02. The molecule has 0 bridgehead atoms. The summed E-state index contributed by atoms with van der Waals surface area (Å²) in [6.07, 6.45) is 0. The Balaban J connectivity index is 3.44. The van der Waals surface area contributed by atoms with Crippen LogP contribution in [0.1, 0.15) is 10.4 Å². The van der Waals surface area contributed by atoms with Crippen LogP contribution in [0.3, 0.4) is 0 Å². The van der Waals surface area contributed by atoms with Gasteiger partial charge in [-0.25, -0.2) is 13.6 Å². The van der Waals surface area contributed by atoms with Gasteiger partial charge in [-0.1, -0.05) is 11.6 Å². The lowest BCUT2D eigenvalue weighted by molar-refractivity contribution is 0.0992. The lowest BCUT2D eigenvalue weighted by Crippen LogP contribution is -2.13. The maximum atomic E-state index is 10.9. The minimum absolute atomic E-state index is 0.0709. The quantitative estimate of drug-likeness (QED) is 0.800. The number of sulfonamides is 1. The fraction of sp³-hybridized carbons (Fsp3) is 0. The van der Waals surface area contributed by atoms with E-state index in [1.807, 2.05) is 0 Å². The van der Waals surface area contributed by atoms with Crippen molar-refractivity contribution in [3.05, 3.63) is 28.8 Å². The van der Waals surface area contributed by atoms with Crippen LogP contribution >= 0.6 is 11.6 Å². The van der Waals surface area contributed by atoms with Crippen LogP contribution in [0.5, 0.6) is 0 Å². The summed E-state index contributed by atoms with van der Waals surface area (Å²) in [5, 5.41) is 4.77. The first-order valence-corrected chi connectivity index (χ1v) is 5.33. The average molecular weight is 234 g/mol. The van der Waals surface area contributed by atoms with E-state index in [9.17, 15) is 13.2 Å². The molecule has 3 N–H and O–H groups in total. The number of hydrogen-bond donors (Lipinski definition) is 1. The molecule has 0 aliphatic heterocycles. The van der Waals surface area contributed by atoms with E-state index in [1.165, 1.54) is 12.1 Å². The number of rotatable bonds is 2. The molecule has 1 amide bonds. The number of nitrogens with one attached hydrogen (secondary N) is 1. The van der Waals surface area contributed by atoms with Crippen molar-refractivity contribution in [2.75, 3.05) is 0 Å². The highest BCUT2D eigenvalue weighted by Crippen LogP contribution is 2.21. The fourth-order valence-corrected chi connectivity index (χ4v) is 1.93. The number of halogens is 1. The van der Waals surface area contributed by atoms with Gasteiger partial charge in [0.05, 0.1) is 5.02 Å². The second kappa shape index (κ2) is 3.56. The number of nitrogens with two attached hydrogens (primary N) is 1. The van der Waals surface area contributed by atoms with Gasteiger partial charge < -0.3 is 0 Å². The highest BCUT2D eigenvalue weighted by molar-refractivity contribution is 7.89. The van der Waals surface area contributed by atoms with Gasteiger partial charge in [-0.3, -0.25) is 10.5 Å². The Hall–Kier alpha value is -1.11.